The molecule has 3 rings (SSSR count). The summed E-state index contributed by atoms with van der Waals surface area (Å²) in [6.07, 6.45) is 0. The molecule has 2 aliphatic rings. The van der Waals surface area contributed by atoms with Crippen molar-refractivity contribution in [1.82, 2.24) is 10.2 Å². The van der Waals surface area contributed by atoms with Crippen LogP contribution in [0.2, 0.25) is 0 Å². The van der Waals surface area contributed by atoms with Gasteiger partial charge in [0.2, 0.25) is 0 Å². The van der Waals surface area contributed by atoms with Crippen LogP contribution in [0.3, 0.4) is 0 Å². The third-order valence-electron chi connectivity index (χ3n) is 3.46. The van der Waals surface area contributed by atoms with Gasteiger partial charge in [0.05, 0.1) is 0 Å². The van der Waals surface area contributed by atoms with E-state index in [1.165, 1.54) is 5.56 Å². The minimum atomic E-state index is -0.421. The topological polar surface area (TPSA) is 50.8 Å². The Morgan fingerprint density at radius 3 is 3.10 bits per heavy atom. The van der Waals surface area contributed by atoms with Crippen LogP contribution in [0.15, 0.2) is 30.3 Å². The van der Waals surface area contributed by atoms with Gasteiger partial charge in [0, 0.05) is 0 Å². The van der Waals surface area contributed by atoms with Crippen molar-refractivity contribution in [3.63, 3.8) is 0 Å². The van der Waals surface area contributed by atoms with Crippen LogP contribution >= 0.6 is 0 Å². The molecule has 0 spiro atoms. The zero-order valence-corrected chi connectivity index (χ0v) is 13.3. The van der Waals surface area contributed by atoms with E-state index >= 15 is 0 Å². The van der Waals surface area contributed by atoms with E-state index in [4.69, 9.17) is 7.80 Å². The fourth-order valence-electron chi connectivity index (χ4n) is 2.38. The number of halogens is 1. The summed E-state index contributed by atoms with van der Waals surface area (Å²) in [6.45, 7) is 3.10. The van der Waals surface area contributed by atoms with E-state index in [9.17, 15) is 4.79 Å². The Morgan fingerprint density at radius 1 is 1.40 bits per heavy atom. The molecule has 0 aromatic heterocycles. The maximum absolute atomic E-state index is 11.8. The first-order valence-corrected chi connectivity index (χ1v) is 8.85. The Kier molecular flexibility index (Phi) is 4.87. The number of hydrogen-bond acceptors (Lipinski definition) is 4. The Bertz CT molecular complexity index is 457. The molecule has 2 atom stereocenters. The number of benzene rings is 1. The molecular weight excluding hydrogens is 371 g/mol. The third-order valence-corrected chi connectivity index (χ3v) is 5.58. The quantitative estimate of drug-likeness (QED) is 0.348. The number of alkyl halides is 1. The van der Waals surface area contributed by atoms with E-state index in [1.54, 1.807) is 0 Å². The van der Waals surface area contributed by atoms with Gasteiger partial charge in [0.15, 0.2) is 0 Å². The molecule has 1 aromatic carbocycles. The van der Waals surface area contributed by atoms with Crippen molar-refractivity contribution in [1.29, 1.82) is 0 Å². The molecule has 6 heteroatoms. The van der Waals surface area contributed by atoms with Gasteiger partial charge in [-0.2, -0.15) is 0 Å². The molecule has 5 nitrogen and oxygen atoms in total. The van der Waals surface area contributed by atoms with Gasteiger partial charge in [-0.3, -0.25) is 0 Å². The summed E-state index contributed by atoms with van der Waals surface area (Å²) in [5.74, 6) is 0.111. The molecular formula is C14H18IN2O3-. The zero-order valence-electron chi connectivity index (χ0n) is 11.1. The van der Waals surface area contributed by atoms with Gasteiger partial charge in [0.1, 0.15) is 0 Å². The monoisotopic (exact) mass is 389 g/mol. The summed E-state index contributed by atoms with van der Waals surface area (Å²) >= 11 is -0.421. The summed E-state index contributed by atoms with van der Waals surface area (Å²) < 4.78 is 11.4. The van der Waals surface area contributed by atoms with E-state index in [2.05, 4.69) is 17.4 Å². The molecule has 2 saturated heterocycles. The number of rotatable bonds is 4. The summed E-state index contributed by atoms with van der Waals surface area (Å²) in [7, 11) is 0. The summed E-state index contributed by atoms with van der Waals surface area (Å²) in [5.41, 5.74) is 1.20. The molecule has 0 saturated carbocycles. The Morgan fingerprint density at radius 2 is 2.25 bits per heavy atom. The molecule has 110 valence electrons. The molecule has 2 fully saturated rings. The molecule has 1 N–H and O–H groups in total. The van der Waals surface area contributed by atoms with Gasteiger partial charge in [-0.25, -0.2) is 0 Å². The second-order valence-electron chi connectivity index (χ2n) is 4.92. The van der Waals surface area contributed by atoms with E-state index in [-0.39, 0.29) is 18.6 Å². The molecule has 0 aliphatic carbocycles. The summed E-state index contributed by atoms with van der Waals surface area (Å²) in [6, 6.07) is 10.4. The standard InChI is InChI=1S/C14H18IN2O3/c18-14-10-19-9-12-6-16-13(7-17(12)14)15-20-8-11-4-2-1-3-5-11/h1-5,12-13,16H,6-10H2/q-1/t12-,13-/m0/s1. The summed E-state index contributed by atoms with van der Waals surface area (Å²) in [5, 5.41) is 3.48. The van der Waals surface area contributed by atoms with Crippen molar-refractivity contribution >= 4 is 5.91 Å². The third kappa shape index (κ3) is 3.49. The van der Waals surface area contributed by atoms with Gasteiger partial charge >= 0.3 is 129 Å². The maximum atomic E-state index is 11.8. The van der Waals surface area contributed by atoms with Gasteiger partial charge < -0.3 is 0 Å². The van der Waals surface area contributed by atoms with Crippen LogP contribution in [0.4, 0.5) is 0 Å². The predicted molar refractivity (Wildman–Crippen MR) is 69.3 cm³/mol. The molecule has 2 heterocycles. The zero-order chi connectivity index (χ0) is 13.8. The number of carbonyl (C=O) groups excluding carboxylic acids is 1. The Hall–Kier alpha value is -0.700. The number of nitrogens with one attached hydrogen (secondary N) is 1. The van der Waals surface area contributed by atoms with Gasteiger partial charge in [-0.05, 0) is 0 Å². The van der Waals surface area contributed by atoms with Crippen LogP contribution in [-0.2, 0) is 19.2 Å². The van der Waals surface area contributed by atoms with Crippen molar-refractivity contribution < 1.29 is 34.2 Å². The number of piperazine rings is 1. The Labute approximate surface area is 129 Å². The van der Waals surface area contributed by atoms with E-state index < -0.39 is 21.6 Å². The molecule has 1 amide bonds. The number of hydrogen-bond donors (Lipinski definition) is 1. The molecule has 0 bridgehead atoms. The van der Waals surface area contributed by atoms with Crippen molar-refractivity contribution in [2.24, 2.45) is 0 Å². The SMILES string of the molecule is O=C1COC[C@@H]2CN[C@H]([I-]OCc3ccccc3)CN12. The minimum absolute atomic E-state index is 0.111. The van der Waals surface area contributed by atoms with Crippen LogP contribution in [0, 0.1) is 0 Å². The molecule has 20 heavy (non-hydrogen) atoms. The second-order valence-corrected chi connectivity index (χ2v) is 7.55. The van der Waals surface area contributed by atoms with Crippen LogP contribution in [0.25, 0.3) is 0 Å². The van der Waals surface area contributed by atoms with Crippen LogP contribution in [0.1, 0.15) is 5.56 Å². The molecule has 0 unspecified atom stereocenters. The van der Waals surface area contributed by atoms with E-state index in [1.807, 2.05) is 23.1 Å². The average Bonchev–Trinajstić information content (AvgIpc) is 2.49. The van der Waals surface area contributed by atoms with Crippen LogP contribution < -0.4 is 26.9 Å². The summed E-state index contributed by atoms with van der Waals surface area (Å²) in [4.78, 5) is 13.8. The number of amides is 1. The Balaban J connectivity index is 1.46. The second kappa shape index (κ2) is 6.84. The fourth-order valence-corrected chi connectivity index (χ4v) is 4.38. The van der Waals surface area contributed by atoms with Crippen molar-refractivity contribution in [3.05, 3.63) is 35.9 Å². The first-order chi connectivity index (χ1) is 9.83. The van der Waals surface area contributed by atoms with Gasteiger partial charge in [0.25, 0.3) is 0 Å². The van der Waals surface area contributed by atoms with Crippen molar-refractivity contribution in [2.45, 2.75) is 16.7 Å². The number of nitrogens with zero attached hydrogens (tertiary/aromatic N) is 1. The first-order valence-electron chi connectivity index (χ1n) is 6.73. The van der Waals surface area contributed by atoms with Gasteiger partial charge in [-0.1, -0.05) is 0 Å². The molecule has 1 aromatic rings. The van der Waals surface area contributed by atoms with Crippen molar-refractivity contribution in [3.8, 4) is 0 Å². The number of ether oxygens (including phenoxy) is 1. The van der Waals surface area contributed by atoms with E-state index in [0.29, 0.717) is 17.3 Å². The molecule has 0 radical (unpaired) electrons. The van der Waals surface area contributed by atoms with Gasteiger partial charge in [-0.15, -0.1) is 0 Å². The number of morpholine rings is 1. The van der Waals surface area contributed by atoms with Crippen LogP contribution in [0.5, 0.6) is 0 Å². The fraction of sp³-hybridized carbons (Fsp3) is 0.500. The predicted octanol–water partition coefficient (Wildman–Crippen LogP) is -2.64. The van der Waals surface area contributed by atoms with Crippen LogP contribution in [-0.4, -0.2) is 47.2 Å². The number of carbonyl (C=O) groups is 1. The first kappa shape index (κ1) is 14.2. The van der Waals surface area contributed by atoms with Crippen molar-refractivity contribution in [2.75, 3.05) is 26.3 Å². The normalized spacial score (nSPS) is 26.6. The number of fused-ring (bicyclic) bond motifs is 1. The average molecular weight is 389 g/mol. The van der Waals surface area contributed by atoms with E-state index in [0.717, 1.165) is 13.1 Å². The molecule has 2 aliphatic heterocycles.